The lowest BCUT2D eigenvalue weighted by Crippen LogP contribution is -2.20. The van der Waals surface area contributed by atoms with Crippen molar-refractivity contribution in [2.75, 3.05) is 13.9 Å². The molecular formula is C19H14O6. The molecule has 0 spiro atoms. The van der Waals surface area contributed by atoms with Gasteiger partial charge in [0.1, 0.15) is 11.9 Å². The van der Waals surface area contributed by atoms with Gasteiger partial charge in [-0.25, -0.2) is 0 Å². The molecule has 6 heteroatoms. The van der Waals surface area contributed by atoms with Crippen LogP contribution in [0.4, 0.5) is 0 Å². The highest BCUT2D eigenvalue weighted by atomic mass is 16.7. The molecule has 0 bridgehead atoms. The van der Waals surface area contributed by atoms with Crippen LogP contribution in [0.25, 0.3) is 11.0 Å². The third kappa shape index (κ3) is 2.07. The number of ether oxygens (including phenoxy) is 4. The highest BCUT2D eigenvalue weighted by molar-refractivity contribution is 6.07. The zero-order chi connectivity index (χ0) is 17.0. The van der Waals surface area contributed by atoms with Crippen LogP contribution in [0.1, 0.15) is 28.4 Å². The van der Waals surface area contributed by atoms with E-state index in [2.05, 4.69) is 0 Å². The Balaban J connectivity index is 1.60. The molecule has 3 aromatic rings. The molecule has 25 heavy (non-hydrogen) atoms. The number of Topliss-reactive ketones (excluding diaryl/α,β-unsaturated/α-hetero) is 1. The van der Waals surface area contributed by atoms with Gasteiger partial charge in [-0.15, -0.1) is 0 Å². The maximum atomic E-state index is 12.7. The van der Waals surface area contributed by atoms with Crippen LogP contribution in [0.15, 0.2) is 41.0 Å². The second-order valence-corrected chi connectivity index (χ2v) is 5.97. The van der Waals surface area contributed by atoms with Crippen LogP contribution in [0.3, 0.4) is 0 Å². The van der Waals surface area contributed by atoms with Gasteiger partial charge in [-0.1, -0.05) is 6.07 Å². The van der Waals surface area contributed by atoms with Crippen molar-refractivity contribution in [3.05, 3.63) is 47.7 Å². The number of furan rings is 1. The molecule has 3 heterocycles. The summed E-state index contributed by atoms with van der Waals surface area (Å²) in [6.45, 7) is 0.210. The first-order valence-corrected chi connectivity index (χ1v) is 7.92. The van der Waals surface area contributed by atoms with E-state index in [0.717, 1.165) is 10.9 Å². The number of ketones is 1. The molecule has 0 fully saturated rings. The number of carbonyl (C=O) groups is 1. The molecule has 0 saturated heterocycles. The monoisotopic (exact) mass is 338 g/mol. The first kappa shape index (κ1) is 14.2. The number of rotatable bonds is 2. The largest absolute Gasteiger partial charge is 0.493 e. The fourth-order valence-corrected chi connectivity index (χ4v) is 3.33. The standard InChI is InChI=1S/C19H14O6/c1-21-17-7-12-13(20)8-15(25-18(12)11-4-5-22-19(11)17)10-2-3-14-16(6-10)24-9-23-14/h2-7,15H,8-9H2,1H3. The molecule has 2 aliphatic rings. The Bertz CT molecular complexity index is 1000. The predicted octanol–water partition coefficient (Wildman–Crippen LogP) is 3.88. The summed E-state index contributed by atoms with van der Waals surface area (Å²) in [7, 11) is 1.55. The third-order valence-electron chi connectivity index (χ3n) is 4.57. The Morgan fingerprint density at radius 1 is 1.12 bits per heavy atom. The molecule has 1 atom stereocenters. The average Bonchev–Trinajstić information content (AvgIpc) is 3.29. The van der Waals surface area contributed by atoms with Crippen molar-refractivity contribution in [2.45, 2.75) is 12.5 Å². The van der Waals surface area contributed by atoms with Crippen LogP contribution in [-0.4, -0.2) is 19.7 Å². The minimum Gasteiger partial charge on any atom is -0.493 e. The molecule has 2 aliphatic heterocycles. The van der Waals surface area contributed by atoms with Crippen LogP contribution in [0.5, 0.6) is 23.0 Å². The normalized spacial score (nSPS) is 18.1. The Morgan fingerprint density at radius 2 is 2.00 bits per heavy atom. The molecule has 126 valence electrons. The zero-order valence-electron chi connectivity index (χ0n) is 13.4. The summed E-state index contributed by atoms with van der Waals surface area (Å²) in [5, 5.41) is 0.730. The minimum atomic E-state index is -0.388. The van der Waals surface area contributed by atoms with Gasteiger partial charge < -0.3 is 23.4 Å². The van der Waals surface area contributed by atoms with E-state index in [-0.39, 0.29) is 25.1 Å². The second-order valence-electron chi connectivity index (χ2n) is 5.97. The molecule has 0 N–H and O–H groups in total. The van der Waals surface area contributed by atoms with E-state index in [4.69, 9.17) is 23.4 Å². The summed E-state index contributed by atoms with van der Waals surface area (Å²) in [5.74, 6) is 2.43. The van der Waals surface area contributed by atoms with E-state index in [1.54, 1.807) is 25.5 Å². The van der Waals surface area contributed by atoms with Gasteiger partial charge in [-0.05, 0) is 29.8 Å². The molecule has 1 aromatic heterocycles. The lowest BCUT2D eigenvalue weighted by atomic mass is 9.94. The van der Waals surface area contributed by atoms with E-state index in [9.17, 15) is 4.79 Å². The van der Waals surface area contributed by atoms with Gasteiger partial charge in [0.15, 0.2) is 28.6 Å². The zero-order valence-corrected chi connectivity index (χ0v) is 13.4. The predicted molar refractivity (Wildman–Crippen MR) is 87.6 cm³/mol. The van der Waals surface area contributed by atoms with E-state index in [1.165, 1.54) is 0 Å². The van der Waals surface area contributed by atoms with Crippen molar-refractivity contribution in [2.24, 2.45) is 0 Å². The Hall–Kier alpha value is -3.15. The van der Waals surface area contributed by atoms with Crippen molar-refractivity contribution in [1.82, 2.24) is 0 Å². The second kappa shape index (κ2) is 5.17. The summed E-state index contributed by atoms with van der Waals surface area (Å²) in [6, 6.07) is 9.06. The number of carbonyl (C=O) groups excluding carboxylic acids is 1. The molecule has 1 unspecified atom stereocenters. The fourth-order valence-electron chi connectivity index (χ4n) is 3.33. The topological polar surface area (TPSA) is 67.1 Å². The first-order chi connectivity index (χ1) is 12.2. The van der Waals surface area contributed by atoms with Crippen LogP contribution in [0, 0.1) is 0 Å². The average molecular weight is 338 g/mol. The first-order valence-electron chi connectivity index (χ1n) is 7.92. The summed E-state index contributed by atoms with van der Waals surface area (Å²) < 4.78 is 27.8. The maximum Gasteiger partial charge on any atom is 0.231 e. The van der Waals surface area contributed by atoms with Gasteiger partial charge >= 0.3 is 0 Å². The third-order valence-corrected chi connectivity index (χ3v) is 4.57. The molecule has 0 radical (unpaired) electrons. The molecule has 0 saturated carbocycles. The maximum absolute atomic E-state index is 12.7. The number of hydrogen-bond acceptors (Lipinski definition) is 6. The highest BCUT2D eigenvalue weighted by Crippen LogP contribution is 2.45. The highest BCUT2D eigenvalue weighted by Gasteiger charge is 2.32. The van der Waals surface area contributed by atoms with Gasteiger partial charge in [-0.2, -0.15) is 0 Å². The van der Waals surface area contributed by atoms with E-state index < -0.39 is 0 Å². The van der Waals surface area contributed by atoms with Gasteiger partial charge in [0.05, 0.1) is 30.7 Å². The van der Waals surface area contributed by atoms with Crippen molar-refractivity contribution in [3.63, 3.8) is 0 Å². The molecule has 0 amide bonds. The van der Waals surface area contributed by atoms with Crippen LogP contribution in [0.2, 0.25) is 0 Å². The number of methoxy groups -OCH3 is 1. The Morgan fingerprint density at radius 3 is 2.88 bits per heavy atom. The van der Waals surface area contributed by atoms with Crippen molar-refractivity contribution in [1.29, 1.82) is 0 Å². The molecule has 0 aliphatic carbocycles. The molecular weight excluding hydrogens is 324 g/mol. The van der Waals surface area contributed by atoms with Crippen LogP contribution >= 0.6 is 0 Å². The number of fused-ring (bicyclic) bond motifs is 4. The fraction of sp³-hybridized carbons (Fsp3) is 0.211. The van der Waals surface area contributed by atoms with Gasteiger partial charge in [0, 0.05) is 0 Å². The summed E-state index contributed by atoms with van der Waals surface area (Å²) in [5.41, 5.74) is 1.96. The van der Waals surface area contributed by atoms with Crippen molar-refractivity contribution in [3.8, 4) is 23.0 Å². The lowest BCUT2D eigenvalue weighted by Gasteiger charge is -2.26. The van der Waals surface area contributed by atoms with Gasteiger partial charge in [-0.3, -0.25) is 4.79 Å². The Labute approximate surface area is 142 Å². The molecule has 2 aromatic carbocycles. The lowest BCUT2D eigenvalue weighted by molar-refractivity contribution is 0.0852. The Kier molecular flexibility index (Phi) is 2.94. The number of benzene rings is 2. The summed E-state index contributed by atoms with van der Waals surface area (Å²) in [6.07, 6.45) is 1.42. The smallest absolute Gasteiger partial charge is 0.231 e. The minimum absolute atomic E-state index is 0.00492. The van der Waals surface area contributed by atoms with Crippen molar-refractivity contribution >= 4 is 16.8 Å². The van der Waals surface area contributed by atoms with Crippen molar-refractivity contribution < 1.29 is 28.2 Å². The van der Waals surface area contributed by atoms with Gasteiger partial charge in [0.2, 0.25) is 6.79 Å². The summed E-state index contributed by atoms with van der Waals surface area (Å²) in [4.78, 5) is 12.7. The van der Waals surface area contributed by atoms with E-state index >= 15 is 0 Å². The van der Waals surface area contributed by atoms with Gasteiger partial charge in [0.25, 0.3) is 0 Å². The summed E-state index contributed by atoms with van der Waals surface area (Å²) >= 11 is 0. The molecule has 6 nitrogen and oxygen atoms in total. The van der Waals surface area contributed by atoms with Crippen LogP contribution in [-0.2, 0) is 0 Å². The van der Waals surface area contributed by atoms with E-state index in [1.807, 2.05) is 18.2 Å². The SMILES string of the molecule is COc1cc2c(c3ccoc13)OC(c1ccc3c(c1)OCO3)CC2=O. The number of hydrogen-bond donors (Lipinski definition) is 0. The molecule has 5 rings (SSSR count). The van der Waals surface area contributed by atoms with Crippen LogP contribution < -0.4 is 18.9 Å². The van der Waals surface area contributed by atoms with E-state index in [0.29, 0.717) is 34.1 Å². The quantitative estimate of drug-likeness (QED) is 0.706.